The van der Waals surface area contributed by atoms with E-state index in [2.05, 4.69) is 5.10 Å². The molecule has 0 aliphatic carbocycles. The summed E-state index contributed by atoms with van der Waals surface area (Å²) in [4.78, 5) is 40.8. The van der Waals surface area contributed by atoms with Crippen LogP contribution in [0.15, 0.2) is 53.3 Å². The Morgan fingerprint density at radius 1 is 1.09 bits per heavy atom. The third-order valence-corrected chi connectivity index (χ3v) is 5.62. The molecular formula is C26H28F3N3O3. The zero-order chi connectivity index (χ0) is 25.9. The van der Waals surface area contributed by atoms with E-state index in [9.17, 15) is 27.6 Å². The second kappa shape index (κ2) is 10.3. The highest BCUT2D eigenvalue weighted by Gasteiger charge is 2.32. The van der Waals surface area contributed by atoms with Crippen LogP contribution in [0.5, 0.6) is 0 Å². The highest BCUT2D eigenvalue weighted by atomic mass is 19.4. The van der Waals surface area contributed by atoms with Gasteiger partial charge in [0, 0.05) is 12.1 Å². The number of aromatic nitrogens is 2. The number of halogens is 3. The van der Waals surface area contributed by atoms with Crippen molar-refractivity contribution in [1.82, 2.24) is 14.7 Å². The van der Waals surface area contributed by atoms with E-state index in [1.165, 1.54) is 15.6 Å². The SMILES string of the molecule is CCCN(CC(=O)c1c(C(C)C)[nH]n(-c2ccc(C)cc2)c1=O)C(=O)c1cccc(C(F)(F)F)c1. The zero-order valence-corrected chi connectivity index (χ0v) is 20.1. The van der Waals surface area contributed by atoms with Gasteiger partial charge in [-0.25, -0.2) is 4.68 Å². The fraction of sp³-hybridized carbons (Fsp3) is 0.346. The van der Waals surface area contributed by atoms with Gasteiger partial charge in [0.15, 0.2) is 5.78 Å². The largest absolute Gasteiger partial charge is 0.416 e. The lowest BCUT2D eigenvalue weighted by Gasteiger charge is -2.22. The second-order valence-electron chi connectivity index (χ2n) is 8.76. The van der Waals surface area contributed by atoms with Crippen LogP contribution < -0.4 is 5.56 Å². The van der Waals surface area contributed by atoms with Crippen molar-refractivity contribution in [3.05, 3.63) is 86.8 Å². The Morgan fingerprint density at radius 2 is 1.74 bits per heavy atom. The Morgan fingerprint density at radius 3 is 2.31 bits per heavy atom. The molecule has 0 aliphatic rings. The molecule has 1 heterocycles. The number of amides is 1. The summed E-state index contributed by atoms with van der Waals surface area (Å²) in [7, 11) is 0. The summed E-state index contributed by atoms with van der Waals surface area (Å²) in [5, 5.41) is 3.01. The average Bonchev–Trinajstić information content (AvgIpc) is 3.16. The predicted octanol–water partition coefficient (Wildman–Crippen LogP) is 5.35. The Bertz CT molecular complexity index is 1270. The molecule has 3 rings (SSSR count). The summed E-state index contributed by atoms with van der Waals surface area (Å²) in [5.74, 6) is -1.46. The number of benzene rings is 2. The van der Waals surface area contributed by atoms with Gasteiger partial charge in [-0.05, 0) is 49.6 Å². The minimum Gasteiger partial charge on any atom is -0.331 e. The summed E-state index contributed by atoms with van der Waals surface area (Å²) < 4.78 is 40.7. The number of Topliss-reactive ketones (excluding diaryl/α,β-unsaturated/α-hetero) is 1. The quantitative estimate of drug-likeness (QED) is 0.435. The third-order valence-electron chi connectivity index (χ3n) is 5.62. The molecule has 0 saturated heterocycles. The highest BCUT2D eigenvalue weighted by molar-refractivity contribution is 6.02. The molecule has 0 saturated carbocycles. The van der Waals surface area contributed by atoms with Gasteiger partial charge in [0.05, 0.1) is 23.5 Å². The van der Waals surface area contributed by atoms with Crippen molar-refractivity contribution in [3.8, 4) is 5.69 Å². The van der Waals surface area contributed by atoms with E-state index in [1.807, 2.05) is 32.9 Å². The van der Waals surface area contributed by atoms with Crippen molar-refractivity contribution < 1.29 is 22.8 Å². The Labute approximate surface area is 201 Å². The van der Waals surface area contributed by atoms with Gasteiger partial charge in [-0.15, -0.1) is 0 Å². The van der Waals surface area contributed by atoms with Crippen LogP contribution in [0.2, 0.25) is 0 Å². The van der Waals surface area contributed by atoms with Crippen molar-refractivity contribution in [2.24, 2.45) is 0 Å². The van der Waals surface area contributed by atoms with E-state index in [1.54, 1.807) is 19.1 Å². The summed E-state index contributed by atoms with van der Waals surface area (Å²) >= 11 is 0. The highest BCUT2D eigenvalue weighted by Crippen LogP contribution is 2.30. The van der Waals surface area contributed by atoms with Gasteiger partial charge in [0.25, 0.3) is 11.5 Å². The molecule has 0 unspecified atom stereocenters. The van der Waals surface area contributed by atoms with Gasteiger partial charge < -0.3 is 4.90 Å². The zero-order valence-electron chi connectivity index (χ0n) is 20.1. The lowest BCUT2D eigenvalue weighted by Crippen LogP contribution is -2.38. The van der Waals surface area contributed by atoms with Crippen LogP contribution in [0.4, 0.5) is 13.2 Å². The van der Waals surface area contributed by atoms with Gasteiger partial charge in [-0.1, -0.05) is 44.5 Å². The maximum Gasteiger partial charge on any atom is 0.416 e. The minimum absolute atomic E-state index is 0.0569. The molecule has 0 bridgehead atoms. The lowest BCUT2D eigenvalue weighted by molar-refractivity contribution is -0.137. The van der Waals surface area contributed by atoms with Crippen LogP contribution >= 0.6 is 0 Å². The van der Waals surface area contributed by atoms with E-state index < -0.39 is 35.5 Å². The first-order valence-corrected chi connectivity index (χ1v) is 11.4. The minimum atomic E-state index is -4.60. The van der Waals surface area contributed by atoms with Crippen LogP contribution in [0.1, 0.15) is 70.6 Å². The molecule has 1 aromatic heterocycles. The van der Waals surface area contributed by atoms with Gasteiger partial charge in [0.2, 0.25) is 0 Å². The summed E-state index contributed by atoms with van der Waals surface area (Å²) in [6.45, 7) is 7.09. The topological polar surface area (TPSA) is 75.2 Å². The van der Waals surface area contributed by atoms with Crippen molar-refractivity contribution in [1.29, 1.82) is 0 Å². The van der Waals surface area contributed by atoms with Crippen molar-refractivity contribution >= 4 is 11.7 Å². The fourth-order valence-electron chi connectivity index (χ4n) is 3.80. The first kappa shape index (κ1) is 26.0. The number of carbonyl (C=O) groups is 2. The van der Waals surface area contributed by atoms with Crippen LogP contribution in [0.25, 0.3) is 5.69 Å². The van der Waals surface area contributed by atoms with Crippen LogP contribution in [0.3, 0.4) is 0 Å². The maximum absolute atomic E-state index is 13.3. The number of hydrogen-bond acceptors (Lipinski definition) is 3. The van der Waals surface area contributed by atoms with E-state index in [4.69, 9.17) is 0 Å². The molecule has 0 atom stereocenters. The third kappa shape index (κ3) is 5.72. The number of alkyl halides is 3. The van der Waals surface area contributed by atoms with Crippen molar-refractivity contribution in [2.45, 2.75) is 46.2 Å². The Hall–Kier alpha value is -3.62. The molecule has 3 aromatic rings. The number of hydrogen-bond donors (Lipinski definition) is 1. The molecule has 35 heavy (non-hydrogen) atoms. The monoisotopic (exact) mass is 487 g/mol. The van der Waals surface area contributed by atoms with Gasteiger partial charge in [-0.3, -0.25) is 19.5 Å². The molecule has 1 amide bonds. The standard InChI is InChI=1S/C26H28F3N3O3/c1-5-13-31(24(34)18-7-6-8-19(14-18)26(27,28)29)15-21(33)22-23(16(2)3)30-32(25(22)35)20-11-9-17(4)10-12-20/h6-12,14,16,30H,5,13,15H2,1-4H3. The molecule has 6 nitrogen and oxygen atoms in total. The fourth-order valence-corrected chi connectivity index (χ4v) is 3.80. The van der Waals surface area contributed by atoms with E-state index in [-0.39, 0.29) is 23.6 Å². The maximum atomic E-state index is 13.3. The molecule has 9 heteroatoms. The van der Waals surface area contributed by atoms with Crippen LogP contribution in [-0.4, -0.2) is 39.5 Å². The predicted molar refractivity (Wildman–Crippen MR) is 127 cm³/mol. The number of ketones is 1. The molecule has 0 fully saturated rings. The number of H-pyrrole nitrogens is 1. The normalized spacial score (nSPS) is 11.7. The van der Waals surface area contributed by atoms with Crippen molar-refractivity contribution in [2.75, 3.05) is 13.1 Å². The second-order valence-corrected chi connectivity index (χ2v) is 8.76. The Balaban J connectivity index is 1.96. The smallest absolute Gasteiger partial charge is 0.331 e. The summed E-state index contributed by atoms with van der Waals surface area (Å²) in [6, 6.07) is 11.3. The van der Waals surface area contributed by atoms with Crippen LogP contribution in [0, 0.1) is 6.92 Å². The molecular weight excluding hydrogens is 459 g/mol. The van der Waals surface area contributed by atoms with Crippen molar-refractivity contribution in [3.63, 3.8) is 0 Å². The molecule has 0 aliphatic heterocycles. The number of aromatic amines is 1. The molecule has 2 aromatic carbocycles. The number of rotatable bonds is 8. The molecule has 0 radical (unpaired) electrons. The summed E-state index contributed by atoms with van der Waals surface area (Å²) in [5.41, 5.74) is 0.299. The number of carbonyl (C=O) groups excluding carboxylic acids is 2. The average molecular weight is 488 g/mol. The molecule has 0 spiro atoms. The van der Waals surface area contributed by atoms with E-state index >= 15 is 0 Å². The van der Waals surface area contributed by atoms with Crippen LogP contribution in [-0.2, 0) is 6.18 Å². The van der Waals surface area contributed by atoms with Gasteiger partial charge >= 0.3 is 6.18 Å². The van der Waals surface area contributed by atoms with E-state index in [0.29, 0.717) is 17.8 Å². The Kier molecular flexibility index (Phi) is 7.67. The lowest BCUT2D eigenvalue weighted by atomic mass is 10.0. The first-order chi connectivity index (χ1) is 16.4. The first-order valence-electron chi connectivity index (χ1n) is 11.4. The molecule has 186 valence electrons. The number of nitrogens with one attached hydrogen (secondary N) is 1. The van der Waals surface area contributed by atoms with Gasteiger partial charge in [0.1, 0.15) is 5.56 Å². The number of aryl methyl sites for hydroxylation is 1. The van der Waals surface area contributed by atoms with E-state index in [0.717, 1.165) is 23.8 Å². The number of nitrogens with zero attached hydrogens (tertiary/aromatic N) is 2. The van der Waals surface area contributed by atoms with Gasteiger partial charge in [-0.2, -0.15) is 13.2 Å². The molecule has 1 N–H and O–H groups in total. The summed E-state index contributed by atoms with van der Waals surface area (Å²) in [6.07, 6.45) is -4.12.